The number of nitrogens with two attached hydrogens (primary N) is 1. The molecule has 1 aliphatic rings. The average Bonchev–Trinajstić information content (AvgIpc) is 2.33. The van der Waals surface area contributed by atoms with Crippen LogP contribution in [-0.4, -0.2) is 46.3 Å². The Morgan fingerprint density at radius 2 is 2.19 bits per heavy atom. The molecule has 0 radical (unpaired) electrons. The number of aromatic nitrogens is 2. The summed E-state index contributed by atoms with van der Waals surface area (Å²) < 4.78 is 0. The van der Waals surface area contributed by atoms with Gasteiger partial charge in [0.1, 0.15) is 5.69 Å². The third kappa shape index (κ3) is 2.84. The summed E-state index contributed by atoms with van der Waals surface area (Å²) in [5, 5.41) is 0. The van der Waals surface area contributed by atoms with E-state index in [4.69, 9.17) is 5.73 Å². The molecule has 1 aromatic heterocycles. The van der Waals surface area contributed by atoms with Gasteiger partial charge in [-0.1, -0.05) is 0 Å². The van der Waals surface area contributed by atoms with E-state index in [0.29, 0.717) is 18.3 Å². The second-order valence-corrected chi connectivity index (χ2v) is 4.13. The fraction of sp³-hybridized carbons (Fsp3) is 0.545. The van der Waals surface area contributed by atoms with Crippen LogP contribution in [0.1, 0.15) is 23.3 Å². The zero-order valence-corrected chi connectivity index (χ0v) is 9.17. The van der Waals surface area contributed by atoms with E-state index >= 15 is 0 Å². The van der Waals surface area contributed by atoms with E-state index in [1.807, 2.05) is 0 Å². The Morgan fingerprint density at radius 1 is 1.44 bits per heavy atom. The predicted molar refractivity (Wildman–Crippen MR) is 60.0 cm³/mol. The number of rotatable bonds is 3. The summed E-state index contributed by atoms with van der Waals surface area (Å²) in [6.07, 6.45) is 6.55. The second-order valence-electron chi connectivity index (χ2n) is 4.13. The van der Waals surface area contributed by atoms with Crippen LogP contribution in [0, 0.1) is 0 Å². The van der Waals surface area contributed by atoms with Crippen LogP contribution in [0.4, 0.5) is 0 Å². The molecule has 0 saturated carbocycles. The topological polar surface area (TPSA) is 72.1 Å². The second kappa shape index (κ2) is 5.14. The zero-order chi connectivity index (χ0) is 11.4. The van der Waals surface area contributed by atoms with Crippen molar-refractivity contribution in [1.29, 1.82) is 0 Å². The molecule has 5 nitrogen and oxygen atoms in total. The number of hydrogen-bond donors (Lipinski definition) is 1. The molecule has 2 rings (SSSR count). The maximum Gasteiger partial charge on any atom is 0.196 e. The summed E-state index contributed by atoms with van der Waals surface area (Å²) in [7, 11) is 0. The summed E-state index contributed by atoms with van der Waals surface area (Å²) in [5.41, 5.74) is 6.25. The molecule has 1 aromatic rings. The zero-order valence-electron chi connectivity index (χ0n) is 9.17. The van der Waals surface area contributed by atoms with Gasteiger partial charge in [-0.3, -0.25) is 14.7 Å². The maximum atomic E-state index is 11.8. The summed E-state index contributed by atoms with van der Waals surface area (Å²) >= 11 is 0. The lowest BCUT2D eigenvalue weighted by Crippen LogP contribution is -2.42. The van der Waals surface area contributed by atoms with Gasteiger partial charge in [0.2, 0.25) is 0 Å². The first-order valence-electron chi connectivity index (χ1n) is 5.53. The molecule has 16 heavy (non-hydrogen) atoms. The summed E-state index contributed by atoms with van der Waals surface area (Å²) in [6, 6.07) is 0.294. The van der Waals surface area contributed by atoms with Gasteiger partial charge in [0.05, 0.1) is 12.7 Å². The van der Waals surface area contributed by atoms with Gasteiger partial charge in [0.15, 0.2) is 5.78 Å². The molecule has 1 saturated heterocycles. The van der Waals surface area contributed by atoms with Crippen LogP contribution < -0.4 is 5.73 Å². The molecule has 2 N–H and O–H groups in total. The standard InChI is InChI=1S/C11H16N4O/c12-9-1-5-15(6-2-9)8-11(16)10-7-13-3-4-14-10/h3-4,7,9H,1-2,5-6,8,12H2. The minimum atomic E-state index is 0.0311. The summed E-state index contributed by atoms with van der Waals surface area (Å²) in [4.78, 5) is 21.8. The van der Waals surface area contributed by atoms with Crippen molar-refractivity contribution in [1.82, 2.24) is 14.9 Å². The highest BCUT2D eigenvalue weighted by Gasteiger charge is 2.19. The third-order valence-corrected chi connectivity index (χ3v) is 2.85. The fourth-order valence-electron chi connectivity index (χ4n) is 1.84. The van der Waals surface area contributed by atoms with Crippen LogP contribution in [-0.2, 0) is 0 Å². The smallest absolute Gasteiger partial charge is 0.196 e. The normalized spacial score (nSPS) is 18.6. The van der Waals surface area contributed by atoms with Crippen molar-refractivity contribution < 1.29 is 4.79 Å². The van der Waals surface area contributed by atoms with Gasteiger partial charge in [0, 0.05) is 31.5 Å². The highest BCUT2D eigenvalue weighted by atomic mass is 16.1. The van der Waals surface area contributed by atoms with Crippen LogP contribution in [0.25, 0.3) is 0 Å². The van der Waals surface area contributed by atoms with Crippen molar-refractivity contribution in [3.8, 4) is 0 Å². The number of ketones is 1. The number of carbonyl (C=O) groups is 1. The molecule has 0 aliphatic carbocycles. The highest BCUT2D eigenvalue weighted by molar-refractivity contribution is 5.95. The minimum absolute atomic E-state index is 0.0311. The molecule has 0 amide bonds. The van der Waals surface area contributed by atoms with Gasteiger partial charge in [0.25, 0.3) is 0 Å². The molecule has 0 unspecified atom stereocenters. The number of Topliss-reactive ketones (excluding diaryl/α,β-unsaturated/α-hetero) is 1. The van der Waals surface area contributed by atoms with E-state index < -0.39 is 0 Å². The van der Waals surface area contributed by atoms with Crippen LogP contribution >= 0.6 is 0 Å². The highest BCUT2D eigenvalue weighted by Crippen LogP contribution is 2.08. The number of piperidine rings is 1. The van der Waals surface area contributed by atoms with E-state index in [1.54, 1.807) is 12.4 Å². The van der Waals surface area contributed by atoms with Crippen LogP contribution in [0.2, 0.25) is 0 Å². The van der Waals surface area contributed by atoms with Gasteiger partial charge >= 0.3 is 0 Å². The quantitative estimate of drug-likeness (QED) is 0.730. The molecule has 5 heteroatoms. The lowest BCUT2D eigenvalue weighted by Gasteiger charge is -2.29. The van der Waals surface area contributed by atoms with E-state index in [0.717, 1.165) is 25.9 Å². The van der Waals surface area contributed by atoms with E-state index in [-0.39, 0.29) is 5.78 Å². The molecular formula is C11H16N4O. The molecule has 86 valence electrons. The molecule has 0 bridgehead atoms. The number of hydrogen-bond acceptors (Lipinski definition) is 5. The first kappa shape index (κ1) is 11.2. The molecule has 0 atom stereocenters. The summed E-state index contributed by atoms with van der Waals surface area (Å²) in [6.45, 7) is 2.21. The van der Waals surface area contributed by atoms with Gasteiger partial charge in [-0.2, -0.15) is 0 Å². The third-order valence-electron chi connectivity index (χ3n) is 2.85. The van der Waals surface area contributed by atoms with Crippen LogP contribution in [0.3, 0.4) is 0 Å². The molecule has 0 spiro atoms. The van der Waals surface area contributed by atoms with Gasteiger partial charge in [-0.05, 0) is 12.8 Å². The van der Waals surface area contributed by atoms with E-state index in [9.17, 15) is 4.79 Å². The van der Waals surface area contributed by atoms with Crippen LogP contribution in [0.15, 0.2) is 18.6 Å². The predicted octanol–water partition coefficient (Wildman–Crippen LogP) is 0.0824. The van der Waals surface area contributed by atoms with E-state index in [2.05, 4.69) is 14.9 Å². The van der Waals surface area contributed by atoms with Gasteiger partial charge in [-0.15, -0.1) is 0 Å². The molecule has 1 aliphatic heterocycles. The Kier molecular flexibility index (Phi) is 3.58. The largest absolute Gasteiger partial charge is 0.328 e. The molecular weight excluding hydrogens is 204 g/mol. The monoisotopic (exact) mass is 220 g/mol. The fourth-order valence-corrected chi connectivity index (χ4v) is 1.84. The number of nitrogens with zero attached hydrogens (tertiary/aromatic N) is 3. The number of carbonyl (C=O) groups excluding carboxylic acids is 1. The van der Waals surface area contributed by atoms with Crippen molar-refractivity contribution in [3.63, 3.8) is 0 Å². The lowest BCUT2D eigenvalue weighted by atomic mass is 10.1. The lowest BCUT2D eigenvalue weighted by molar-refractivity contribution is 0.0904. The Balaban J connectivity index is 1.88. The van der Waals surface area contributed by atoms with Crippen molar-refractivity contribution in [2.45, 2.75) is 18.9 Å². The van der Waals surface area contributed by atoms with Crippen molar-refractivity contribution in [3.05, 3.63) is 24.3 Å². The Hall–Kier alpha value is -1.33. The summed E-state index contributed by atoms with van der Waals surface area (Å²) in [5.74, 6) is 0.0311. The molecule has 1 fully saturated rings. The SMILES string of the molecule is NC1CCN(CC(=O)c2cnccn2)CC1. The first-order valence-corrected chi connectivity index (χ1v) is 5.53. The average molecular weight is 220 g/mol. The van der Waals surface area contributed by atoms with Crippen molar-refractivity contribution in [2.24, 2.45) is 5.73 Å². The van der Waals surface area contributed by atoms with Gasteiger partial charge < -0.3 is 5.73 Å². The molecule has 0 aromatic carbocycles. The maximum absolute atomic E-state index is 11.8. The number of likely N-dealkylation sites (tertiary alicyclic amines) is 1. The van der Waals surface area contributed by atoms with Crippen molar-refractivity contribution >= 4 is 5.78 Å². The Labute approximate surface area is 94.7 Å². The van der Waals surface area contributed by atoms with E-state index in [1.165, 1.54) is 6.20 Å². The van der Waals surface area contributed by atoms with Gasteiger partial charge in [-0.25, -0.2) is 4.98 Å². The van der Waals surface area contributed by atoms with Crippen LogP contribution in [0.5, 0.6) is 0 Å². The Morgan fingerprint density at radius 3 is 2.81 bits per heavy atom. The first-order chi connectivity index (χ1) is 7.75. The Bertz CT molecular complexity index is 346. The van der Waals surface area contributed by atoms with Crippen molar-refractivity contribution in [2.75, 3.05) is 19.6 Å². The minimum Gasteiger partial charge on any atom is -0.328 e. The molecule has 2 heterocycles.